The van der Waals surface area contributed by atoms with Gasteiger partial charge in [0.25, 0.3) is 0 Å². The minimum atomic E-state index is 0.665. The number of hydrogen-bond donors (Lipinski definition) is 4. The smallest absolute Gasteiger partial charge is 0.0351 e. The average molecular weight is 166 g/mol. The summed E-state index contributed by atoms with van der Waals surface area (Å²) in [5.41, 5.74) is 7.56. The van der Waals surface area contributed by atoms with Crippen molar-refractivity contribution >= 4 is 0 Å². The first-order valence-electron chi connectivity index (χ1n) is 3.82. The summed E-state index contributed by atoms with van der Waals surface area (Å²) in [4.78, 5) is 0. The summed E-state index contributed by atoms with van der Waals surface area (Å²) in [5, 5.41) is 0. The topological polar surface area (TPSA) is 76.1 Å². The van der Waals surface area contributed by atoms with Gasteiger partial charge in [0.05, 0.1) is 0 Å². The van der Waals surface area contributed by atoms with Gasteiger partial charge < -0.3 is 0 Å². The molecule has 4 nitrogen and oxygen atoms in total. The van der Waals surface area contributed by atoms with Crippen LogP contribution in [-0.2, 0) is 13.1 Å². The van der Waals surface area contributed by atoms with Crippen molar-refractivity contribution in [2.24, 2.45) is 11.7 Å². The van der Waals surface area contributed by atoms with Crippen molar-refractivity contribution in [1.29, 1.82) is 0 Å². The maximum absolute atomic E-state index is 5.22. The van der Waals surface area contributed by atoms with E-state index in [1.807, 2.05) is 24.3 Å². The summed E-state index contributed by atoms with van der Waals surface area (Å²) in [7, 11) is 0. The quantitative estimate of drug-likeness (QED) is 0.363. The first-order valence-corrected chi connectivity index (χ1v) is 3.82. The van der Waals surface area contributed by atoms with Crippen LogP contribution < -0.4 is 22.5 Å². The Kier molecular flexibility index (Phi) is 3.69. The van der Waals surface area contributed by atoms with Gasteiger partial charge in [-0.1, -0.05) is 24.3 Å². The average Bonchev–Trinajstić information content (AvgIpc) is 2.09. The Labute approximate surface area is 71.9 Å². The molecule has 0 fully saturated rings. The van der Waals surface area contributed by atoms with E-state index in [0.29, 0.717) is 13.1 Å². The molecule has 0 atom stereocenters. The molecule has 0 saturated heterocycles. The van der Waals surface area contributed by atoms with Crippen LogP contribution >= 0.6 is 0 Å². The summed E-state index contributed by atoms with van der Waals surface area (Å²) < 4.78 is 0. The maximum atomic E-state index is 5.22. The predicted molar refractivity (Wildman–Crippen MR) is 48.5 cm³/mol. The van der Waals surface area contributed by atoms with Gasteiger partial charge in [-0.3, -0.25) is 22.5 Å². The predicted octanol–water partition coefficient (Wildman–Crippen LogP) is -0.387. The van der Waals surface area contributed by atoms with Gasteiger partial charge >= 0.3 is 0 Å². The molecule has 0 aliphatic carbocycles. The third-order valence-electron chi connectivity index (χ3n) is 1.70. The molecule has 4 heteroatoms. The Morgan fingerprint density at radius 2 is 1.33 bits per heavy atom. The second kappa shape index (κ2) is 4.84. The van der Waals surface area contributed by atoms with E-state index in [2.05, 4.69) is 10.9 Å². The van der Waals surface area contributed by atoms with Crippen LogP contribution in [0.3, 0.4) is 0 Å². The van der Waals surface area contributed by atoms with E-state index in [1.54, 1.807) is 0 Å². The van der Waals surface area contributed by atoms with Gasteiger partial charge in [-0.25, -0.2) is 0 Å². The molecule has 0 aliphatic rings. The van der Waals surface area contributed by atoms with Gasteiger partial charge in [-0.2, -0.15) is 0 Å². The van der Waals surface area contributed by atoms with E-state index in [4.69, 9.17) is 11.7 Å². The van der Waals surface area contributed by atoms with Gasteiger partial charge in [-0.05, 0) is 11.1 Å². The van der Waals surface area contributed by atoms with Crippen molar-refractivity contribution in [2.75, 3.05) is 0 Å². The summed E-state index contributed by atoms with van der Waals surface area (Å²) in [6.45, 7) is 1.33. The van der Waals surface area contributed by atoms with Crippen molar-refractivity contribution < 1.29 is 0 Å². The first-order chi connectivity index (χ1) is 5.88. The monoisotopic (exact) mass is 166 g/mol. The van der Waals surface area contributed by atoms with Crippen molar-refractivity contribution in [3.8, 4) is 0 Å². The zero-order valence-corrected chi connectivity index (χ0v) is 6.88. The van der Waals surface area contributed by atoms with Gasteiger partial charge in [0.1, 0.15) is 0 Å². The van der Waals surface area contributed by atoms with Crippen molar-refractivity contribution in [2.45, 2.75) is 13.1 Å². The number of hydrogen-bond acceptors (Lipinski definition) is 4. The minimum Gasteiger partial charge on any atom is -0.271 e. The standard InChI is InChI=1S/C8H14N4/c9-11-5-7-3-1-2-4-8(7)6-12-10/h1-4,11-12H,5-6,9-10H2. The van der Waals surface area contributed by atoms with E-state index in [-0.39, 0.29) is 0 Å². The molecule has 0 bridgehead atoms. The highest BCUT2D eigenvalue weighted by Crippen LogP contribution is 2.06. The first kappa shape index (κ1) is 9.15. The zero-order chi connectivity index (χ0) is 8.81. The lowest BCUT2D eigenvalue weighted by Crippen LogP contribution is -2.25. The van der Waals surface area contributed by atoms with Gasteiger partial charge in [0, 0.05) is 13.1 Å². The molecule has 6 N–H and O–H groups in total. The molecular formula is C8H14N4. The number of benzene rings is 1. The highest BCUT2D eigenvalue weighted by Gasteiger charge is 1.98. The molecule has 0 heterocycles. The molecule has 0 aromatic heterocycles. The Morgan fingerprint density at radius 1 is 0.917 bits per heavy atom. The van der Waals surface area contributed by atoms with Crippen molar-refractivity contribution in [3.05, 3.63) is 35.4 Å². The van der Waals surface area contributed by atoms with Crippen LogP contribution in [0, 0.1) is 0 Å². The molecule has 0 amide bonds. The molecule has 0 spiro atoms. The molecule has 1 aromatic carbocycles. The fraction of sp³-hybridized carbons (Fsp3) is 0.250. The minimum absolute atomic E-state index is 0.665. The molecular weight excluding hydrogens is 152 g/mol. The zero-order valence-electron chi connectivity index (χ0n) is 6.88. The van der Waals surface area contributed by atoms with Gasteiger partial charge in [0.2, 0.25) is 0 Å². The second-order valence-electron chi connectivity index (χ2n) is 2.53. The van der Waals surface area contributed by atoms with Crippen LogP contribution in [0.1, 0.15) is 11.1 Å². The van der Waals surface area contributed by atoms with Gasteiger partial charge in [-0.15, -0.1) is 0 Å². The van der Waals surface area contributed by atoms with Crippen molar-refractivity contribution in [1.82, 2.24) is 10.9 Å². The third kappa shape index (κ3) is 2.28. The number of rotatable bonds is 4. The van der Waals surface area contributed by atoms with E-state index < -0.39 is 0 Å². The molecule has 12 heavy (non-hydrogen) atoms. The normalized spacial score (nSPS) is 10.2. The SMILES string of the molecule is NNCc1ccccc1CNN. The van der Waals surface area contributed by atoms with Gasteiger partial charge in [0.15, 0.2) is 0 Å². The Balaban J connectivity index is 2.77. The lowest BCUT2D eigenvalue weighted by atomic mass is 10.1. The van der Waals surface area contributed by atoms with Crippen LogP contribution in [0.25, 0.3) is 0 Å². The highest BCUT2D eigenvalue weighted by molar-refractivity contribution is 5.26. The number of nitrogens with two attached hydrogens (primary N) is 2. The van der Waals surface area contributed by atoms with Crippen LogP contribution in [0.4, 0.5) is 0 Å². The van der Waals surface area contributed by atoms with Crippen LogP contribution in [-0.4, -0.2) is 0 Å². The Morgan fingerprint density at radius 3 is 1.67 bits per heavy atom. The fourth-order valence-electron chi connectivity index (χ4n) is 1.12. The number of nitrogens with one attached hydrogen (secondary N) is 2. The fourth-order valence-corrected chi connectivity index (χ4v) is 1.12. The maximum Gasteiger partial charge on any atom is 0.0351 e. The molecule has 1 rings (SSSR count). The second-order valence-corrected chi connectivity index (χ2v) is 2.53. The van der Waals surface area contributed by atoms with E-state index in [9.17, 15) is 0 Å². The molecule has 1 aromatic rings. The van der Waals surface area contributed by atoms with Crippen molar-refractivity contribution in [3.63, 3.8) is 0 Å². The lowest BCUT2D eigenvalue weighted by Gasteiger charge is -2.07. The summed E-state index contributed by atoms with van der Waals surface area (Å²) >= 11 is 0. The molecule has 0 saturated carbocycles. The highest BCUT2D eigenvalue weighted by atomic mass is 15.2. The van der Waals surface area contributed by atoms with Crippen LogP contribution in [0.5, 0.6) is 0 Å². The van der Waals surface area contributed by atoms with E-state index >= 15 is 0 Å². The molecule has 0 unspecified atom stereocenters. The summed E-state index contributed by atoms with van der Waals surface area (Å²) in [6.07, 6.45) is 0. The Hall–Kier alpha value is -0.940. The van der Waals surface area contributed by atoms with E-state index in [0.717, 1.165) is 11.1 Å². The van der Waals surface area contributed by atoms with Crippen LogP contribution in [0.2, 0.25) is 0 Å². The Bertz CT molecular complexity index is 211. The van der Waals surface area contributed by atoms with Crippen LogP contribution in [0.15, 0.2) is 24.3 Å². The largest absolute Gasteiger partial charge is 0.271 e. The molecule has 66 valence electrons. The molecule has 0 radical (unpaired) electrons. The number of hydrazine groups is 2. The summed E-state index contributed by atoms with van der Waals surface area (Å²) in [6, 6.07) is 8.00. The summed E-state index contributed by atoms with van der Waals surface area (Å²) in [5.74, 6) is 10.4. The lowest BCUT2D eigenvalue weighted by molar-refractivity contribution is 0.701. The third-order valence-corrected chi connectivity index (χ3v) is 1.70. The van der Waals surface area contributed by atoms with E-state index in [1.165, 1.54) is 0 Å². The molecule has 0 aliphatic heterocycles.